The third-order valence-electron chi connectivity index (χ3n) is 10.2. The molecule has 0 amide bonds. The first kappa shape index (κ1) is 32.2. The Labute approximate surface area is 319 Å². The van der Waals surface area contributed by atoms with Gasteiger partial charge in [0, 0.05) is 39.4 Å². The first-order valence-electron chi connectivity index (χ1n) is 18.5. The van der Waals surface area contributed by atoms with Gasteiger partial charge in [-0.3, -0.25) is 0 Å². The van der Waals surface area contributed by atoms with E-state index in [0.717, 1.165) is 61.6 Å². The van der Waals surface area contributed by atoms with Gasteiger partial charge >= 0.3 is 0 Å². The van der Waals surface area contributed by atoms with E-state index in [1.165, 1.54) is 21.9 Å². The van der Waals surface area contributed by atoms with E-state index in [2.05, 4.69) is 192 Å². The van der Waals surface area contributed by atoms with E-state index in [9.17, 15) is 0 Å². The zero-order valence-corrected chi connectivity index (χ0v) is 30.0. The zero-order valence-electron chi connectivity index (χ0n) is 30.0. The quantitative estimate of drug-likeness (QED) is 0.158. The van der Waals surface area contributed by atoms with E-state index in [1.54, 1.807) is 0 Å². The summed E-state index contributed by atoms with van der Waals surface area (Å²) in [4.78, 5) is 9.85. The van der Waals surface area contributed by atoms with Crippen molar-refractivity contribution >= 4 is 66.8 Å². The van der Waals surface area contributed by atoms with Gasteiger partial charge in [-0.15, -0.1) is 0 Å². The van der Waals surface area contributed by atoms with E-state index in [0.29, 0.717) is 5.89 Å². The molecular weight excluding hydrogens is 671 g/mol. The number of anilines is 6. The number of para-hydroxylation sites is 2. The van der Waals surface area contributed by atoms with Gasteiger partial charge in [-0.05, 0) is 112 Å². The second kappa shape index (κ2) is 13.8. The Balaban J connectivity index is 1.20. The van der Waals surface area contributed by atoms with Crippen molar-refractivity contribution in [3.8, 4) is 22.6 Å². The highest BCUT2D eigenvalue weighted by atomic mass is 16.3. The van der Waals surface area contributed by atoms with Gasteiger partial charge in [0.1, 0.15) is 5.52 Å². The minimum atomic E-state index is 0.587. The van der Waals surface area contributed by atoms with Gasteiger partial charge in [-0.2, -0.15) is 0 Å². The van der Waals surface area contributed by atoms with Crippen LogP contribution < -0.4 is 9.80 Å². The Bertz CT molecular complexity index is 2910. The van der Waals surface area contributed by atoms with Crippen molar-refractivity contribution < 1.29 is 4.42 Å². The predicted octanol–water partition coefficient (Wildman–Crippen LogP) is 14.4. The fourth-order valence-corrected chi connectivity index (χ4v) is 7.56. The Morgan fingerprint density at radius 1 is 0.345 bits per heavy atom. The molecule has 0 aliphatic rings. The topological polar surface area (TPSA) is 32.5 Å². The van der Waals surface area contributed by atoms with Gasteiger partial charge in [0.05, 0.1) is 5.69 Å². The molecular formula is C51H35N3O. The number of hydrogen-bond donors (Lipinski definition) is 0. The van der Waals surface area contributed by atoms with Crippen molar-refractivity contribution in [2.45, 2.75) is 0 Å². The molecule has 0 atom stereocenters. The predicted molar refractivity (Wildman–Crippen MR) is 229 cm³/mol. The average Bonchev–Trinajstić information content (AvgIpc) is 3.72. The van der Waals surface area contributed by atoms with Crippen molar-refractivity contribution in [2.75, 3.05) is 9.80 Å². The number of hydrogen-bond acceptors (Lipinski definition) is 4. The van der Waals surface area contributed by atoms with Gasteiger partial charge < -0.3 is 14.2 Å². The molecule has 0 spiro atoms. The maximum Gasteiger partial charge on any atom is 0.227 e. The Hall–Kier alpha value is -7.43. The first-order valence-corrected chi connectivity index (χ1v) is 18.5. The van der Waals surface area contributed by atoms with Crippen LogP contribution in [0.25, 0.3) is 55.2 Å². The lowest BCUT2D eigenvalue weighted by atomic mass is 10.0. The molecule has 0 saturated carbocycles. The number of benzene rings is 9. The Kier molecular flexibility index (Phi) is 8.12. The highest BCUT2D eigenvalue weighted by Gasteiger charge is 2.23. The van der Waals surface area contributed by atoms with Crippen LogP contribution in [0.4, 0.5) is 34.1 Å². The Morgan fingerprint density at radius 2 is 0.836 bits per heavy atom. The monoisotopic (exact) mass is 705 g/mol. The molecule has 1 aromatic heterocycles. The summed E-state index contributed by atoms with van der Waals surface area (Å²) in [6.07, 6.45) is 0. The summed E-state index contributed by atoms with van der Waals surface area (Å²) in [6, 6.07) is 74.5. The van der Waals surface area contributed by atoms with Crippen LogP contribution in [-0.2, 0) is 0 Å². The molecule has 10 aromatic rings. The van der Waals surface area contributed by atoms with E-state index < -0.39 is 0 Å². The van der Waals surface area contributed by atoms with Gasteiger partial charge in [0.25, 0.3) is 0 Å². The molecule has 0 aliphatic carbocycles. The van der Waals surface area contributed by atoms with Crippen LogP contribution in [0.3, 0.4) is 0 Å². The molecule has 0 fully saturated rings. The van der Waals surface area contributed by atoms with Gasteiger partial charge in [-0.1, -0.05) is 127 Å². The van der Waals surface area contributed by atoms with Gasteiger partial charge in [0.15, 0.2) is 5.58 Å². The summed E-state index contributed by atoms with van der Waals surface area (Å²) >= 11 is 0. The van der Waals surface area contributed by atoms with Gasteiger partial charge in [0.2, 0.25) is 5.89 Å². The van der Waals surface area contributed by atoms with Crippen LogP contribution >= 0.6 is 0 Å². The lowest BCUT2D eigenvalue weighted by Gasteiger charge is -2.27. The molecule has 4 nitrogen and oxygen atoms in total. The van der Waals surface area contributed by atoms with Crippen LogP contribution in [0.15, 0.2) is 217 Å². The van der Waals surface area contributed by atoms with Crippen molar-refractivity contribution in [2.24, 2.45) is 0 Å². The maximum atomic E-state index is 6.77. The standard InChI is InChI=1S/C51H35N3O/c1-5-15-36(16-6-1)38-25-28-44(29-26-38)53(42-21-9-3-10-22-42)45-31-32-47-41(34-45)35-48(49-50(47)55-51(52-49)39-18-7-2-8-19-39)54(43-23-11-4-12-24-43)46-30-27-37-17-13-14-20-40(37)33-46/h1-35H. The molecule has 10 rings (SSSR count). The molecule has 1 heterocycles. The number of aromatic nitrogens is 1. The fraction of sp³-hybridized carbons (Fsp3) is 0. The van der Waals surface area contributed by atoms with E-state index in [1.807, 2.05) is 30.3 Å². The molecule has 4 heteroatoms. The molecule has 55 heavy (non-hydrogen) atoms. The molecule has 0 saturated heterocycles. The normalized spacial score (nSPS) is 11.3. The second-order valence-corrected chi connectivity index (χ2v) is 13.7. The van der Waals surface area contributed by atoms with E-state index in [4.69, 9.17) is 9.40 Å². The van der Waals surface area contributed by atoms with E-state index in [-0.39, 0.29) is 0 Å². The Morgan fingerprint density at radius 3 is 1.53 bits per heavy atom. The van der Waals surface area contributed by atoms with E-state index >= 15 is 0 Å². The van der Waals surface area contributed by atoms with Crippen molar-refractivity contribution in [3.05, 3.63) is 212 Å². The third-order valence-corrected chi connectivity index (χ3v) is 10.2. The largest absolute Gasteiger partial charge is 0.435 e. The first-order chi connectivity index (χ1) is 27.3. The highest BCUT2D eigenvalue weighted by Crippen LogP contribution is 2.45. The molecule has 0 radical (unpaired) electrons. The SMILES string of the molecule is c1ccc(-c2ccc(N(c3ccccc3)c3ccc4c(c3)cc(N(c3ccccc3)c3ccc5ccccc5c3)c3nc(-c5ccccc5)oc34)cc2)cc1. The van der Waals surface area contributed by atoms with Crippen molar-refractivity contribution in [1.29, 1.82) is 0 Å². The fourth-order valence-electron chi connectivity index (χ4n) is 7.56. The number of nitrogens with zero attached hydrogens (tertiary/aromatic N) is 3. The molecule has 9 aromatic carbocycles. The van der Waals surface area contributed by atoms with Crippen LogP contribution in [0.1, 0.15) is 0 Å². The van der Waals surface area contributed by atoms with Crippen LogP contribution in [0.5, 0.6) is 0 Å². The summed E-state index contributed by atoms with van der Waals surface area (Å²) in [5, 5.41) is 4.40. The number of rotatable bonds is 8. The average molecular weight is 706 g/mol. The summed E-state index contributed by atoms with van der Waals surface area (Å²) < 4.78 is 6.77. The minimum Gasteiger partial charge on any atom is -0.435 e. The highest BCUT2D eigenvalue weighted by molar-refractivity contribution is 6.12. The second-order valence-electron chi connectivity index (χ2n) is 13.7. The lowest BCUT2D eigenvalue weighted by molar-refractivity contribution is 0.623. The van der Waals surface area contributed by atoms with Crippen molar-refractivity contribution in [1.82, 2.24) is 4.98 Å². The maximum absolute atomic E-state index is 6.77. The lowest BCUT2D eigenvalue weighted by Crippen LogP contribution is -2.11. The summed E-state index contributed by atoms with van der Waals surface area (Å²) in [6.45, 7) is 0. The molecule has 0 N–H and O–H groups in total. The van der Waals surface area contributed by atoms with Crippen LogP contribution in [-0.4, -0.2) is 4.98 Å². The summed E-state index contributed by atoms with van der Waals surface area (Å²) in [5.41, 5.74) is 11.0. The minimum absolute atomic E-state index is 0.587. The number of oxazole rings is 1. The molecule has 0 bridgehead atoms. The third kappa shape index (κ3) is 6.06. The molecule has 0 unspecified atom stereocenters. The number of fused-ring (bicyclic) bond motifs is 4. The molecule has 0 aliphatic heterocycles. The molecule has 260 valence electrons. The van der Waals surface area contributed by atoms with Gasteiger partial charge in [-0.25, -0.2) is 4.98 Å². The van der Waals surface area contributed by atoms with Crippen LogP contribution in [0, 0.1) is 0 Å². The smallest absolute Gasteiger partial charge is 0.227 e. The zero-order chi connectivity index (χ0) is 36.6. The summed E-state index contributed by atoms with van der Waals surface area (Å²) in [7, 11) is 0. The summed E-state index contributed by atoms with van der Waals surface area (Å²) in [5.74, 6) is 0.587. The van der Waals surface area contributed by atoms with Crippen molar-refractivity contribution in [3.63, 3.8) is 0 Å². The van der Waals surface area contributed by atoms with Crippen LogP contribution in [0.2, 0.25) is 0 Å².